The molecule has 2 aromatic heterocycles. The van der Waals surface area contributed by atoms with Crippen molar-refractivity contribution in [3.05, 3.63) is 54.4 Å². The van der Waals surface area contributed by atoms with Gasteiger partial charge in [0.05, 0.1) is 24.9 Å². The number of aromatic amines is 1. The lowest BCUT2D eigenvalue weighted by Gasteiger charge is -2.18. The largest absolute Gasteiger partial charge is 0.480 e. The third-order valence-electron chi connectivity index (χ3n) is 4.66. The number of rotatable bonds is 5. The van der Waals surface area contributed by atoms with Crippen LogP contribution in [0.2, 0.25) is 0 Å². The maximum Gasteiger partial charge on any atom is 0.250 e. The summed E-state index contributed by atoms with van der Waals surface area (Å²) in [6, 6.07) is 12.5. The van der Waals surface area contributed by atoms with Gasteiger partial charge in [0.15, 0.2) is 0 Å². The highest BCUT2D eigenvalue weighted by molar-refractivity contribution is 6.00. The first kappa shape index (κ1) is 17.5. The van der Waals surface area contributed by atoms with E-state index in [9.17, 15) is 4.79 Å². The normalized spacial score (nSPS) is 16.1. The molecule has 8 nitrogen and oxygen atoms in total. The SMILES string of the molecule is COc1nc(N2CCC(Nc3cccc(C#N)c3)C2=O)ccc1-c1cn[nH]c1. The summed E-state index contributed by atoms with van der Waals surface area (Å²) in [6.45, 7) is 0.551. The highest BCUT2D eigenvalue weighted by Crippen LogP contribution is 2.31. The Balaban J connectivity index is 1.54. The third-order valence-corrected chi connectivity index (χ3v) is 4.66. The van der Waals surface area contributed by atoms with Gasteiger partial charge in [0.2, 0.25) is 5.88 Å². The number of aromatic nitrogens is 3. The maximum atomic E-state index is 12.9. The van der Waals surface area contributed by atoms with Crippen LogP contribution in [0.25, 0.3) is 11.1 Å². The summed E-state index contributed by atoms with van der Waals surface area (Å²) in [4.78, 5) is 19.0. The van der Waals surface area contributed by atoms with Gasteiger partial charge < -0.3 is 10.1 Å². The first-order valence-corrected chi connectivity index (χ1v) is 8.82. The van der Waals surface area contributed by atoms with E-state index < -0.39 is 0 Å². The molecule has 1 amide bonds. The zero-order valence-electron chi connectivity index (χ0n) is 15.2. The molecule has 1 aliphatic heterocycles. The molecule has 1 saturated heterocycles. The first-order chi connectivity index (χ1) is 13.7. The molecule has 0 aliphatic carbocycles. The highest BCUT2D eigenvalue weighted by Gasteiger charge is 2.33. The summed E-state index contributed by atoms with van der Waals surface area (Å²) < 4.78 is 5.42. The number of carbonyl (C=O) groups is 1. The van der Waals surface area contributed by atoms with E-state index in [0.717, 1.165) is 16.8 Å². The number of hydrogen-bond acceptors (Lipinski definition) is 6. The van der Waals surface area contributed by atoms with Gasteiger partial charge in [-0.1, -0.05) is 6.07 Å². The average Bonchev–Trinajstić information content (AvgIpc) is 3.38. The van der Waals surface area contributed by atoms with Crippen molar-refractivity contribution in [3.63, 3.8) is 0 Å². The van der Waals surface area contributed by atoms with Crippen LogP contribution in [0, 0.1) is 11.3 Å². The Labute approximate surface area is 161 Å². The number of methoxy groups -OCH3 is 1. The Kier molecular flexibility index (Phi) is 4.64. The Morgan fingerprint density at radius 2 is 2.25 bits per heavy atom. The van der Waals surface area contributed by atoms with Crippen LogP contribution in [-0.2, 0) is 4.79 Å². The fraction of sp³-hybridized carbons (Fsp3) is 0.200. The smallest absolute Gasteiger partial charge is 0.250 e. The molecule has 1 atom stereocenters. The van der Waals surface area contributed by atoms with E-state index in [1.807, 2.05) is 12.1 Å². The van der Waals surface area contributed by atoms with Crippen molar-refractivity contribution in [2.75, 3.05) is 23.9 Å². The molecule has 0 radical (unpaired) electrons. The lowest BCUT2D eigenvalue weighted by atomic mass is 10.1. The van der Waals surface area contributed by atoms with Crippen LogP contribution in [-0.4, -0.2) is 40.8 Å². The van der Waals surface area contributed by atoms with Crippen molar-refractivity contribution in [1.82, 2.24) is 15.2 Å². The first-order valence-electron chi connectivity index (χ1n) is 8.82. The number of carbonyl (C=O) groups excluding carboxylic acids is 1. The van der Waals surface area contributed by atoms with Crippen molar-refractivity contribution in [1.29, 1.82) is 5.26 Å². The molecule has 28 heavy (non-hydrogen) atoms. The molecule has 1 aliphatic rings. The van der Waals surface area contributed by atoms with E-state index in [1.54, 1.807) is 48.7 Å². The minimum atomic E-state index is -0.365. The van der Waals surface area contributed by atoms with Gasteiger partial charge in [0.25, 0.3) is 5.91 Å². The lowest BCUT2D eigenvalue weighted by Crippen LogP contribution is -2.34. The molecule has 8 heteroatoms. The Morgan fingerprint density at radius 1 is 1.36 bits per heavy atom. The zero-order chi connectivity index (χ0) is 19.5. The number of hydrogen-bond donors (Lipinski definition) is 2. The summed E-state index contributed by atoms with van der Waals surface area (Å²) in [6.07, 6.45) is 4.09. The van der Waals surface area contributed by atoms with Crippen molar-refractivity contribution in [3.8, 4) is 23.1 Å². The lowest BCUT2D eigenvalue weighted by molar-refractivity contribution is -0.117. The summed E-state index contributed by atoms with van der Waals surface area (Å²) in [5.41, 5.74) is 2.96. The quantitative estimate of drug-likeness (QED) is 0.711. The number of pyridine rings is 1. The van der Waals surface area contributed by atoms with Crippen LogP contribution >= 0.6 is 0 Å². The zero-order valence-corrected chi connectivity index (χ0v) is 15.2. The van der Waals surface area contributed by atoms with Gasteiger partial charge in [-0.05, 0) is 36.8 Å². The minimum absolute atomic E-state index is 0.0621. The second-order valence-corrected chi connectivity index (χ2v) is 6.38. The van der Waals surface area contributed by atoms with E-state index in [0.29, 0.717) is 30.2 Å². The fourth-order valence-electron chi connectivity index (χ4n) is 3.28. The molecule has 0 bridgehead atoms. The van der Waals surface area contributed by atoms with Crippen LogP contribution < -0.4 is 15.0 Å². The van der Waals surface area contributed by atoms with Crippen LogP contribution in [0.1, 0.15) is 12.0 Å². The van der Waals surface area contributed by atoms with Crippen molar-refractivity contribution in [2.45, 2.75) is 12.5 Å². The molecular weight excluding hydrogens is 356 g/mol. The van der Waals surface area contributed by atoms with Crippen molar-refractivity contribution >= 4 is 17.4 Å². The predicted octanol–water partition coefficient (Wildman–Crippen LogP) is 2.57. The molecule has 0 saturated carbocycles. The Hall–Kier alpha value is -3.86. The van der Waals surface area contributed by atoms with Crippen LogP contribution in [0.15, 0.2) is 48.8 Å². The van der Waals surface area contributed by atoms with Crippen molar-refractivity contribution < 1.29 is 9.53 Å². The molecule has 140 valence electrons. The molecule has 3 heterocycles. The van der Waals surface area contributed by atoms with Gasteiger partial charge in [-0.2, -0.15) is 15.3 Å². The van der Waals surface area contributed by atoms with Crippen LogP contribution in [0.4, 0.5) is 11.5 Å². The van der Waals surface area contributed by atoms with Crippen LogP contribution in [0.5, 0.6) is 5.88 Å². The number of amides is 1. The standard InChI is InChI=1S/C20H18N6O2/c1-28-19-16(14-11-22-23-12-14)5-6-18(25-19)26-8-7-17(20(26)27)24-15-4-2-3-13(9-15)10-21/h2-6,9,11-12,17,24H,7-8H2,1H3,(H,22,23). The van der Waals surface area contributed by atoms with Gasteiger partial charge in [0.1, 0.15) is 11.9 Å². The second kappa shape index (κ2) is 7.40. The number of benzene rings is 1. The number of anilines is 2. The number of nitriles is 1. The maximum absolute atomic E-state index is 12.9. The number of H-pyrrole nitrogens is 1. The van der Waals surface area contributed by atoms with Gasteiger partial charge in [-0.15, -0.1) is 0 Å². The molecule has 1 fully saturated rings. The van der Waals surface area contributed by atoms with E-state index >= 15 is 0 Å². The van der Waals surface area contributed by atoms with E-state index in [2.05, 4.69) is 26.6 Å². The number of nitrogens with zero attached hydrogens (tertiary/aromatic N) is 4. The summed E-state index contributed by atoms with van der Waals surface area (Å²) in [5, 5.41) is 19.0. The van der Waals surface area contributed by atoms with Crippen LogP contribution in [0.3, 0.4) is 0 Å². The number of ether oxygens (including phenoxy) is 1. The van der Waals surface area contributed by atoms with Gasteiger partial charge in [0, 0.05) is 29.6 Å². The molecular formula is C20H18N6O2. The molecule has 3 aromatic rings. The Bertz CT molecular complexity index is 1040. The van der Waals surface area contributed by atoms with E-state index in [1.165, 1.54) is 0 Å². The molecule has 2 N–H and O–H groups in total. The third kappa shape index (κ3) is 3.25. The van der Waals surface area contributed by atoms with E-state index in [-0.39, 0.29) is 11.9 Å². The van der Waals surface area contributed by atoms with E-state index in [4.69, 9.17) is 10.00 Å². The second-order valence-electron chi connectivity index (χ2n) is 6.38. The number of nitrogens with one attached hydrogen (secondary N) is 2. The molecule has 1 aromatic carbocycles. The minimum Gasteiger partial charge on any atom is -0.480 e. The molecule has 4 rings (SSSR count). The predicted molar refractivity (Wildman–Crippen MR) is 104 cm³/mol. The summed E-state index contributed by atoms with van der Waals surface area (Å²) >= 11 is 0. The van der Waals surface area contributed by atoms with Gasteiger partial charge in [-0.25, -0.2) is 0 Å². The highest BCUT2D eigenvalue weighted by atomic mass is 16.5. The average molecular weight is 374 g/mol. The fourth-order valence-corrected chi connectivity index (χ4v) is 3.28. The Morgan fingerprint density at radius 3 is 3.00 bits per heavy atom. The van der Waals surface area contributed by atoms with Crippen molar-refractivity contribution in [2.24, 2.45) is 0 Å². The molecule has 0 spiro atoms. The monoisotopic (exact) mass is 374 g/mol. The topological polar surface area (TPSA) is 107 Å². The van der Waals surface area contributed by atoms with Gasteiger partial charge in [-0.3, -0.25) is 14.8 Å². The molecule has 1 unspecified atom stereocenters. The summed E-state index contributed by atoms with van der Waals surface area (Å²) in [5.74, 6) is 0.918. The van der Waals surface area contributed by atoms with Gasteiger partial charge >= 0.3 is 0 Å². The summed E-state index contributed by atoms with van der Waals surface area (Å²) in [7, 11) is 1.55.